The molecule has 6 nitrogen and oxygen atoms in total. The number of benzene rings is 2. The zero-order chi connectivity index (χ0) is 24.3. The first-order chi connectivity index (χ1) is 16.3. The Morgan fingerprint density at radius 1 is 1.09 bits per heavy atom. The van der Waals surface area contributed by atoms with Crippen LogP contribution < -0.4 is 15.0 Å². The van der Waals surface area contributed by atoms with Gasteiger partial charge in [-0.2, -0.15) is 0 Å². The van der Waals surface area contributed by atoms with Crippen molar-refractivity contribution >= 4 is 17.4 Å². The number of hydrogen-bond acceptors (Lipinski definition) is 5. The van der Waals surface area contributed by atoms with Crippen molar-refractivity contribution in [1.29, 1.82) is 0 Å². The third-order valence-electron chi connectivity index (χ3n) is 6.08. The van der Waals surface area contributed by atoms with Gasteiger partial charge in [-0.25, -0.2) is 8.78 Å². The second-order valence-corrected chi connectivity index (χ2v) is 8.62. The van der Waals surface area contributed by atoms with E-state index in [1.54, 1.807) is 12.0 Å². The molecule has 1 fully saturated rings. The zero-order valence-electron chi connectivity index (χ0n) is 19.6. The number of aryl methyl sites for hydroxylation is 1. The average Bonchev–Trinajstić information content (AvgIpc) is 2.99. The number of carbonyl (C=O) groups excluding carboxylic acids is 1. The number of nitrogens with one attached hydrogen (secondary N) is 1. The molecule has 4 rings (SSSR count). The molecular weight excluding hydrogens is 438 g/mol. The third kappa shape index (κ3) is 5.16. The largest absolute Gasteiger partial charge is 0.497 e. The maximum atomic E-state index is 14.0. The molecule has 1 aliphatic heterocycles. The summed E-state index contributed by atoms with van der Waals surface area (Å²) in [6.45, 7) is 4.25. The molecule has 0 saturated carbocycles. The summed E-state index contributed by atoms with van der Waals surface area (Å²) >= 11 is 0. The van der Waals surface area contributed by atoms with E-state index in [2.05, 4.69) is 15.5 Å². The number of ether oxygens (including phenoxy) is 1. The summed E-state index contributed by atoms with van der Waals surface area (Å²) in [6, 6.07) is 14.8. The minimum Gasteiger partial charge on any atom is -0.497 e. The molecule has 0 spiro atoms. The lowest BCUT2D eigenvalue weighted by Gasteiger charge is -2.25. The van der Waals surface area contributed by atoms with E-state index in [0.717, 1.165) is 11.1 Å². The number of carbonyl (C=O) groups is 1. The molecule has 8 heteroatoms. The van der Waals surface area contributed by atoms with Crippen LogP contribution >= 0.6 is 0 Å². The predicted octanol–water partition coefficient (Wildman–Crippen LogP) is 5.89. The SMILES string of the molecule is COc1ccc(-c2nnc(N3CCCC(F)(F)CC3)c(C(=O)Nc3cccc(C)c3)c2C)cc1.[HH]. The van der Waals surface area contributed by atoms with E-state index < -0.39 is 5.92 Å². The molecule has 1 N–H and O–H groups in total. The van der Waals surface area contributed by atoms with Crippen LogP contribution in [0.3, 0.4) is 0 Å². The van der Waals surface area contributed by atoms with Gasteiger partial charge in [0.2, 0.25) is 5.92 Å². The van der Waals surface area contributed by atoms with Crippen LogP contribution in [0.5, 0.6) is 5.75 Å². The molecule has 2 aromatic carbocycles. The Labute approximate surface area is 199 Å². The van der Waals surface area contributed by atoms with Crippen LogP contribution in [0, 0.1) is 13.8 Å². The van der Waals surface area contributed by atoms with E-state index in [1.165, 1.54) is 0 Å². The predicted molar refractivity (Wildman–Crippen MR) is 131 cm³/mol. The molecule has 0 bridgehead atoms. The van der Waals surface area contributed by atoms with Crippen LogP contribution in [0.25, 0.3) is 11.3 Å². The van der Waals surface area contributed by atoms with E-state index in [1.807, 2.05) is 62.4 Å². The fraction of sp³-hybridized carbons (Fsp3) is 0.346. The monoisotopic (exact) mass is 468 g/mol. The summed E-state index contributed by atoms with van der Waals surface area (Å²) in [5, 5.41) is 11.7. The van der Waals surface area contributed by atoms with Crippen molar-refractivity contribution < 1.29 is 19.7 Å². The van der Waals surface area contributed by atoms with Gasteiger partial charge in [0.25, 0.3) is 5.91 Å². The molecule has 0 aliphatic carbocycles. The Morgan fingerprint density at radius 3 is 2.56 bits per heavy atom. The van der Waals surface area contributed by atoms with Crippen molar-refractivity contribution in [3.05, 3.63) is 65.2 Å². The topological polar surface area (TPSA) is 67.4 Å². The molecule has 2 heterocycles. The molecule has 0 unspecified atom stereocenters. The first-order valence-electron chi connectivity index (χ1n) is 11.3. The van der Waals surface area contributed by atoms with E-state index in [4.69, 9.17) is 4.74 Å². The van der Waals surface area contributed by atoms with Gasteiger partial charge in [0.1, 0.15) is 5.75 Å². The van der Waals surface area contributed by atoms with Crippen molar-refractivity contribution in [2.75, 3.05) is 30.4 Å². The lowest BCUT2D eigenvalue weighted by Crippen LogP contribution is -2.30. The molecule has 34 heavy (non-hydrogen) atoms. The Balaban J connectivity index is 0.00000342. The molecule has 1 saturated heterocycles. The average molecular weight is 469 g/mol. The standard InChI is InChI=1S/C26H28F2N4O2.H2/c1-17-6-4-7-20(16-17)29-25(33)22-18(2)23(19-8-10-21(34-3)11-9-19)30-31-24(22)32-14-5-12-26(27,28)13-15-32;/h4,6-11,16H,5,12-15H2,1-3H3,(H,29,33);1H. The molecule has 1 amide bonds. The normalized spacial score (nSPS) is 15.5. The Hall–Kier alpha value is -3.55. The van der Waals surface area contributed by atoms with Crippen molar-refractivity contribution in [3.63, 3.8) is 0 Å². The van der Waals surface area contributed by atoms with Gasteiger partial charge in [-0.05, 0) is 67.8 Å². The van der Waals surface area contributed by atoms with Crippen LogP contribution in [0.15, 0.2) is 48.5 Å². The summed E-state index contributed by atoms with van der Waals surface area (Å²) in [5.74, 6) is -2.03. The quantitative estimate of drug-likeness (QED) is 0.506. The summed E-state index contributed by atoms with van der Waals surface area (Å²) in [7, 11) is 1.59. The Kier molecular flexibility index (Phi) is 6.77. The number of alkyl halides is 2. The van der Waals surface area contributed by atoms with Gasteiger partial charge >= 0.3 is 0 Å². The minimum atomic E-state index is -2.72. The maximum absolute atomic E-state index is 14.0. The number of hydrogen-bond donors (Lipinski definition) is 1. The smallest absolute Gasteiger partial charge is 0.259 e. The molecule has 1 aromatic heterocycles. The van der Waals surface area contributed by atoms with Crippen LogP contribution in [-0.2, 0) is 0 Å². The van der Waals surface area contributed by atoms with Crippen LogP contribution in [-0.4, -0.2) is 42.2 Å². The second-order valence-electron chi connectivity index (χ2n) is 8.62. The second kappa shape index (κ2) is 9.75. The first kappa shape index (κ1) is 23.6. The maximum Gasteiger partial charge on any atom is 0.259 e. The molecule has 180 valence electrons. The van der Waals surface area contributed by atoms with E-state index >= 15 is 0 Å². The number of aromatic nitrogens is 2. The lowest BCUT2D eigenvalue weighted by atomic mass is 10.0. The van der Waals surface area contributed by atoms with Crippen LogP contribution in [0.4, 0.5) is 20.3 Å². The van der Waals surface area contributed by atoms with Gasteiger partial charge in [0.15, 0.2) is 5.82 Å². The molecular formula is C26H30F2N4O2. The molecule has 3 aromatic rings. The van der Waals surface area contributed by atoms with Gasteiger partial charge < -0.3 is 15.0 Å². The minimum absolute atomic E-state index is 0. The fourth-order valence-corrected chi connectivity index (χ4v) is 4.22. The highest BCUT2D eigenvalue weighted by Crippen LogP contribution is 2.34. The number of halogens is 2. The Morgan fingerprint density at radius 2 is 1.85 bits per heavy atom. The van der Waals surface area contributed by atoms with E-state index in [-0.39, 0.29) is 26.7 Å². The van der Waals surface area contributed by atoms with Gasteiger partial charge in [-0.15, -0.1) is 10.2 Å². The Bertz CT molecular complexity index is 1190. The highest BCUT2D eigenvalue weighted by Gasteiger charge is 2.34. The summed E-state index contributed by atoms with van der Waals surface area (Å²) in [4.78, 5) is 15.3. The van der Waals surface area contributed by atoms with Crippen LogP contribution in [0.1, 0.15) is 42.2 Å². The lowest BCUT2D eigenvalue weighted by molar-refractivity contribution is -0.0102. The van der Waals surface area contributed by atoms with E-state index in [0.29, 0.717) is 47.0 Å². The zero-order valence-corrected chi connectivity index (χ0v) is 19.6. The highest BCUT2D eigenvalue weighted by molar-refractivity contribution is 6.09. The van der Waals surface area contributed by atoms with Gasteiger partial charge in [0, 0.05) is 38.6 Å². The van der Waals surface area contributed by atoms with Crippen molar-refractivity contribution in [2.45, 2.75) is 39.0 Å². The van der Waals surface area contributed by atoms with E-state index in [9.17, 15) is 13.6 Å². The number of anilines is 2. The fourth-order valence-electron chi connectivity index (χ4n) is 4.22. The molecule has 0 atom stereocenters. The van der Waals surface area contributed by atoms with Gasteiger partial charge in [-0.1, -0.05) is 12.1 Å². The summed E-state index contributed by atoms with van der Waals surface area (Å²) in [5.41, 5.74) is 3.98. The van der Waals surface area contributed by atoms with Gasteiger partial charge in [-0.3, -0.25) is 4.79 Å². The van der Waals surface area contributed by atoms with Crippen LogP contribution in [0.2, 0.25) is 0 Å². The summed E-state index contributed by atoms with van der Waals surface area (Å²) < 4.78 is 33.3. The summed E-state index contributed by atoms with van der Waals surface area (Å²) in [6.07, 6.45) is -0.148. The third-order valence-corrected chi connectivity index (χ3v) is 6.08. The number of rotatable bonds is 5. The number of nitrogens with zero attached hydrogens (tertiary/aromatic N) is 3. The number of amides is 1. The van der Waals surface area contributed by atoms with Gasteiger partial charge in [0.05, 0.1) is 18.4 Å². The highest BCUT2D eigenvalue weighted by atomic mass is 19.3. The molecule has 0 radical (unpaired) electrons. The van der Waals surface area contributed by atoms with Crippen molar-refractivity contribution in [2.24, 2.45) is 0 Å². The number of methoxy groups -OCH3 is 1. The van der Waals surface area contributed by atoms with Crippen molar-refractivity contribution in [1.82, 2.24) is 10.2 Å². The molecule has 1 aliphatic rings. The van der Waals surface area contributed by atoms with Crippen molar-refractivity contribution in [3.8, 4) is 17.0 Å². The first-order valence-corrected chi connectivity index (χ1v) is 11.3.